The zero-order valence-corrected chi connectivity index (χ0v) is 25.0. The van der Waals surface area contributed by atoms with Gasteiger partial charge in [0.2, 0.25) is 15.9 Å². The standard InChI is InChI=1S/C29H39FN4O6S/c1-20-16-23(22-11-7-6-8-12-22)17-24(26(20)30)27(36)31-32-41(38,39)19-21-10-9-14-34(18-21)25(35)13-15-33(5)28(37)40-29(2,3)4/h6-8,11-12,16-17,21,32H,9-10,13-15,18-19H2,1-5H3,(H,31,36). The van der Waals surface area contributed by atoms with E-state index in [1.165, 1.54) is 17.9 Å². The second-order valence-corrected chi connectivity index (χ2v) is 13.1. The van der Waals surface area contributed by atoms with Crippen molar-refractivity contribution in [3.05, 3.63) is 59.4 Å². The number of ether oxygens (including phenoxy) is 1. The highest BCUT2D eigenvalue weighted by molar-refractivity contribution is 7.89. The average Bonchev–Trinajstić information content (AvgIpc) is 2.91. The molecule has 1 atom stereocenters. The number of hydrogen-bond donors (Lipinski definition) is 2. The highest BCUT2D eigenvalue weighted by atomic mass is 32.2. The van der Waals surface area contributed by atoms with Gasteiger partial charge in [-0.25, -0.2) is 17.6 Å². The summed E-state index contributed by atoms with van der Waals surface area (Å²) in [5.74, 6) is -2.51. The minimum absolute atomic E-state index is 0.0799. The molecule has 10 nitrogen and oxygen atoms in total. The molecule has 2 aromatic carbocycles. The van der Waals surface area contributed by atoms with Crippen molar-refractivity contribution in [3.63, 3.8) is 0 Å². The molecular weight excluding hydrogens is 551 g/mol. The number of carbonyl (C=O) groups excluding carboxylic acids is 3. The molecule has 2 N–H and O–H groups in total. The molecule has 3 rings (SSSR count). The molecule has 224 valence electrons. The minimum atomic E-state index is -3.98. The van der Waals surface area contributed by atoms with Gasteiger partial charge in [0.25, 0.3) is 5.91 Å². The lowest BCUT2D eigenvalue weighted by Gasteiger charge is -2.33. The van der Waals surface area contributed by atoms with Crippen LogP contribution in [0.1, 0.15) is 56.0 Å². The van der Waals surface area contributed by atoms with Crippen LogP contribution in [0.25, 0.3) is 11.1 Å². The first kappa shape index (κ1) is 32.0. The van der Waals surface area contributed by atoms with E-state index < -0.39 is 33.4 Å². The van der Waals surface area contributed by atoms with Gasteiger partial charge in [0, 0.05) is 33.1 Å². The van der Waals surface area contributed by atoms with E-state index in [1.807, 2.05) is 30.3 Å². The number of benzene rings is 2. The highest BCUT2D eigenvalue weighted by Gasteiger charge is 2.29. The molecule has 0 saturated carbocycles. The van der Waals surface area contributed by atoms with Crippen molar-refractivity contribution in [2.45, 2.75) is 52.6 Å². The van der Waals surface area contributed by atoms with Crippen LogP contribution in [0.15, 0.2) is 42.5 Å². The van der Waals surface area contributed by atoms with Gasteiger partial charge in [0.05, 0.1) is 11.3 Å². The van der Waals surface area contributed by atoms with E-state index in [1.54, 1.807) is 38.8 Å². The fourth-order valence-corrected chi connectivity index (χ4v) is 5.78. The van der Waals surface area contributed by atoms with Crippen molar-refractivity contribution >= 4 is 27.9 Å². The van der Waals surface area contributed by atoms with Gasteiger partial charge in [-0.05, 0) is 75.3 Å². The second-order valence-electron chi connectivity index (χ2n) is 11.4. The molecule has 0 aromatic heterocycles. The van der Waals surface area contributed by atoms with Crippen LogP contribution in [0.4, 0.5) is 9.18 Å². The molecule has 0 spiro atoms. The van der Waals surface area contributed by atoms with Crippen molar-refractivity contribution in [3.8, 4) is 11.1 Å². The number of sulfonamides is 1. The minimum Gasteiger partial charge on any atom is -0.444 e. The monoisotopic (exact) mass is 590 g/mol. The van der Waals surface area contributed by atoms with Crippen LogP contribution in [-0.2, 0) is 19.6 Å². The quantitative estimate of drug-likeness (QED) is 0.428. The number of likely N-dealkylation sites (tertiary alicyclic amines) is 1. The number of rotatable bonds is 9. The lowest BCUT2D eigenvalue weighted by atomic mass is 9.99. The largest absolute Gasteiger partial charge is 0.444 e. The van der Waals surface area contributed by atoms with Gasteiger partial charge < -0.3 is 14.5 Å². The molecule has 1 heterocycles. The number of piperidine rings is 1. The first-order valence-corrected chi connectivity index (χ1v) is 15.2. The van der Waals surface area contributed by atoms with E-state index >= 15 is 0 Å². The number of halogens is 1. The maximum atomic E-state index is 14.8. The smallest absolute Gasteiger partial charge is 0.410 e. The molecule has 3 amide bonds. The number of nitrogens with one attached hydrogen (secondary N) is 2. The number of nitrogens with zero attached hydrogens (tertiary/aromatic N) is 2. The van der Waals surface area contributed by atoms with Gasteiger partial charge in [-0.2, -0.15) is 0 Å². The SMILES string of the molecule is Cc1cc(-c2ccccc2)cc(C(=O)NNS(=O)(=O)CC2CCCN(C(=O)CCN(C)C(=O)OC(C)(C)C)C2)c1F. The summed E-state index contributed by atoms with van der Waals surface area (Å²) < 4.78 is 45.6. The Hall–Kier alpha value is -3.51. The van der Waals surface area contributed by atoms with Crippen molar-refractivity contribution < 1.29 is 31.9 Å². The van der Waals surface area contributed by atoms with E-state index in [-0.39, 0.29) is 48.2 Å². The zero-order chi connectivity index (χ0) is 30.4. The van der Waals surface area contributed by atoms with Crippen molar-refractivity contribution in [1.82, 2.24) is 20.1 Å². The van der Waals surface area contributed by atoms with Gasteiger partial charge >= 0.3 is 6.09 Å². The third-order valence-electron chi connectivity index (χ3n) is 6.62. The third-order valence-corrected chi connectivity index (χ3v) is 7.94. The lowest BCUT2D eigenvalue weighted by Crippen LogP contribution is -2.47. The Balaban J connectivity index is 1.54. The van der Waals surface area contributed by atoms with Gasteiger partial charge in [-0.1, -0.05) is 30.3 Å². The van der Waals surface area contributed by atoms with E-state index in [9.17, 15) is 27.2 Å². The van der Waals surface area contributed by atoms with Crippen molar-refractivity contribution in [2.75, 3.05) is 32.4 Å². The summed E-state index contributed by atoms with van der Waals surface area (Å²) in [6, 6.07) is 12.1. The average molecular weight is 591 g/mol. The van der Waals surface area contributed by atoms with Crippen molar-refractivity contribution in [1.29, 1.82) is 0 Å². The summed E-state index contributed by atoms with van der Waals surface area (Å²) >= 11 is 0. The highest BCUT2D eigenvalue weighted by Crippen LogP contribution is 2.25. The van der Waals surface area contributed by atoms with Crippen LogP contribution in [0.5, 0.6) is 0 Å². The summed E-state index contributed by atoms with van der Waals surface area (Å²) in [4.78, 5) is 42.7. The van der Waals surface area contributed by atoms with Gasteiger partial charge in [-0.15, -0.1) is 4.83 Å². The molecule has 41 heavy (non-hydrogen) atoms. The van der Waals surface area contributed by atoms with Gasteiger partial charge in [-0.3, -0.25) is 15.0 Å². The number of hydrazine groups is 1. The molecule has 0 radical (unpaired) electrons. The fourth-order valence-electron chi connectivity index (χ4n) is 4.56. The summed E-state index contributed by atoms with van der Waals surface area (Å²) in [5.41, 5.74) is 2.87. The number of carbonyl (C=O) groups is 3. The molecule has 12 heteroatoms. The topological polar surface area (TPSA) is 125 Å². The Morgan fingerprint density at radius 3 is 2.46 bits per heavy atom. The Morgan fingerprint density at radius 2 is 1.80 bits per heavy atom. The molecule has 1 aliphatic rings. The van der Waals surface area contributed by atoms with Crippen LogP contribution in [0.2, 0.25) is 0 Å². The molecule has 1 aliphatic heterocycles. The number of amides is 3. The Labute approximate surface area is 241 Å². The summed E-state index contributed by atoms with van der Waals surface area (Å²) in [6.45, 7) is 7.71. The maximum absolute atomic E-state index is 14.8. The fraction of sp³-hybridized carbons (Fsp3) is 0.483. The first-order valence-electron chi connectivity index (χ1n) is 13.5. The molecule has 1 saturated heterocycles. The molecule has 0 aliphatic carbocycles. The number of aryl methyl sites for hydroxylation is 1. The third kappa shape index (κ3) is 9.53. The van der Waals surface area contributed by atoms with Crippen LogP contribution in [0, 0.1) is 18.7 Å². The van der Waals surface area contributed by atoms with Crippen LogP contribution in [-0.4, -0.2) is 74.2 Å². The normalized spacial score (nSPS) is 15.8. The Kier molecular flexibility index (Phi) is 10.5. The van der Waals surface area contributed by atoms with Crippen LogP contribution >= 0.6 is 0 Å². The van der Waals surface area contributed by atoms with E-state index in [2.05, 4.69) is 10.3 Å². The molecule has 0 bridgehead atoms. The van der Waals surface area contributed by atoms with Gasteiger partial charge in [0.15, 0.2) is 0 Å². The number of hydrogen-bond acceptors (Lipinski definition) is 6. The maximum Gasteiger partial charge on any atom is 0.410 e. The summed E-state index contributed by atoms with van der Waals surface area (Å²) in [5, 5.41) is 0. The zero-order valence-electron chi connectivity index (χ0n) is 24.2. The van der Waals surface area contributed by atoms with E-state index in [0.29, 0.717) is 24.9 Å². The molecule has 1 unspecified atom stereocenters. The van der Waals surface area contributed by atoms with Crippen molar-refractivity contribution in [2.24, 2.45) is 5.92 Å². The lowest BCUT2D eigenvalue weighted by molar-refractivity contribution is -0.133. The Morgan fingerprint density at radius 1 is 1.12 bits per heavy atom. The first-order chi connectivity index (χ1) is 19.1. The predicted molar refractivity (Wildman–Crippen MR) is 154 cm³/mol. The molecule has 2 aromatic rings. The van der Waals surface area contributed by atoms with Gasteiger partial charge in [0.1, 0.15) is 11.4 Å². The van der Waals surface area contributed by atoms with Crippen LogP contribution < -0.4 is 10.3 Å². The summed E-state index contributed by atoms with van der Waals surface area (Å²) in [6.07, 6.45) is 0.763. The van der Waals surface area contributed by atoms with Crippen LogP contribution in [0.3, 0.4) is 0 Å². The summed E-state index contributed by atoms with van der Waals surface area (Å²) in [7, 11) is -2.43. The second kappa shape index (κ2) is 13.4. The Bertz CT molecular complexity index is 1360. The predicted octanol–water partition coefficient (Wildman–Crippen LogP) is 3.86. The van der Waals surface area contributed by atoms with E-state index in [4.69, 9.17) is 4.74 Å². The van der Waals surface area contributed by atoms with E-state index in [0.717, 1.165) is 5.56 Å². The molecule has 1 fully saturated rings. The molecular formula is C29H39FN4O6S.